The Morgan fingerprint density at radius 3 is 1.98 bits per heavy atom. The van der Waals surface area contributed by atoms with E-state index in [4.69, 9.17) is 4.98 Å². The van der Waals surface area contributed by atoms with Crippen molar-refractivity contribution in [2.75, 3.05) is 4.90 Å². The van der Waals surface area contributed by atoms with Gasteiger partial charge in [0.2, 0.25) is 0 Å². The van der Waals surface area contributed by atoms with Crippen molar-refractivity contribution in [3.63, 3.8) is 0 Å². The largest absolute Gasteiger partial charge is 0.309 e. The van der Waals surface area contributed by atoms with Gasteiger partial charge in [-0.25, -0.2) is 4.98 Å². The molecule has 0 amide bonds. The van der Waals surface area contributed by atoms with Gasteiger partial charge in [0.25, 0.3) is 0 Å². The Hall–Kier alpha value is -5.93. The molecule has 3 heterocycles. The Kier molecular flexibility index (Phi) is 5.50. The first-order valence-electron chi connectivity index (χ1n) is 15.0. The van der Waals surface area contributed by atoms with Crippen LogP contribution in [0, 0.1) is 0 Å². The lowest BCUT2D eigenvalue weighted by molar-refractivity contribution is 1.18. The number of benzene rings is 6. The molecule has 1 aliphatic heterocycles. The molecule has 0 bridgehead atoms. The summed E-state index contributed by atoms with van der Waals surface area (Å²) in [7, 11) is 0. The van der Waals surface area contributed by atoms with Crippen LogP contribution in [-0.2, 0) is 0 Å². The molecule has 8 aromatic rings. The number of rotatable bonds is 4. The van der Waals surface area contributed by atoms with Gasteiger partial charge in [-0.15, -0.1) is 0 Å². The van der Waals surface area contributed by atoms with Crippen molar-refractivity contribution >= 4 is 50.2 Å². The predicted molar refractivity (Wildman–Crippen MR) is 185 cm³/mol. The lowest BCUT2D eigenvalue weighted by Gasteiger charge is -2.27. The third-order valence-electron chi connectivity index (χ3n) is 8.71. The summed E-state index contributed by atoms with van der Waals surface area (Å²) in [5.41, 5.74) is 10.3. The molecule has 0 aliphatic carbocycles. The van der Waals surface area contributed by atoms with Gasteiger partial charge in [-0.3, -0.25) is 0 Å². The highest BCUT2D eigenvalue weighted by atomic mass is 15.2. The molecule has 0 radical (unpaired) electrons. The van der Waals surface area contributed by atoms with Crippen molar-refractivity contribution in [3.8, 4) is 28.1 Å². The number of fused-ring (bicyclic) bond motifs is 4. The van der Waals surface area contributed by atoms with E-state index >= 15 is 0 Å². The first-order chi connectivity index (χ1) is 21.8. The number of aromatic nitrogens is 2. The minimum absolute atomic E-state index is 0.892. The van der Waals surface area contributed by atoms with Crippen molar-refractivity contribution in [2.24, 2.45) is 0 Å². The summed E-state index contributed by atoms with van der Waals surface area (Å²) in [6.45, 7) is 0. The number of para-hydroxylation sites is 2. The predicted octanol–water partition coefficient (Wildman–Crippen LogP) is 10.8. The molecule has 206 valence electrons. The van der Waals surface area contributed by atoms with E-state index in [-0.39, 0.29) is 0 Å². The molecule has 3 heteroatoms. The molecular weight excluding hydrogens is 534 g/mol. The second kappa shape index (κ2) is 9.82. The third kappa shape index (κ3) is 3.80. The third-order valence-corrected chi connectivity index (χ3v) is 8.71. The molecule has 0 saturated heterocycles. The Labute approximate surface area is 255 Å². The fourth-order valence-corrected chi connectivity index (χ4v) is 6.75. The van der Waals surface area contributed by atoms with E-state index in [0.717, 1.165) is 34.0 Å². The Morgan fingerprint density at radius 2 is 1.18 bits per heavy atom. The molecule has 9 rings (SSSR count). The van der Waals surface area contributed by atoms with Crippen molar-refractivity contribution < 1.29 is 0 Å². The molecule has 2 aromatic heterocycles. The summed E-state index contributed by atoms with van der Waals surface area (Å²) in [4.78, 5) is 7.49. The number of anilines is 2. The summed E-state index contributed by atoms with van der Waals surface area (Å²) in [6.07, 6.45) is 4.41. The molecular formula is C41H27N3. The zero-order chi connectivity index (χ0) is 29.0. The van der Waals surface area contributed by atoms with E-state index in [2.05, 4.69) is 167 Å². The molecule has 6 aromatic carbocycles. The Morgan fingerprint density at radius 1 is 0.500 bits per heavy atom. The van der Waals surface area contributed by atoms with Gasteiger partial charge in [0, 0.05) is 39.0 Å². The van der Waals surface area contributed by atoms with Gasteiger partial charge in [0.15, 0.2) is 0 Å². The van der Waals surface area contributed by atoms with Crippen LogP contribution in [0.2, 0.25) is 0 Å². The second-order valence-corrected chi connectivity index (χ2v) is 11.3. The molecule has 3 nitrogen and oxygen atoms in total. The molecule has 44 heavy (non-hydrogen) atoms. The van der Waals surface area contributed by atoms with E-state index in [1.807, 2.05) is 6.07 Å². The number of hydrogen-bond donors (Lipinski definition) is 0. The molecule has 0 atom stereocenters. The van der Waals surface area contributed by atoms with Gasteiger partial charge in [0.05, 0.1) is 22.4 Å². The maximum atomic E-state index is 5.24. The number of nitrogens with zero attached hydrogens (tertiary/aromatic N) is 3. The quantitative estimate of drug-likeness (QED) is 0.213. The lowest BCUT2D eigenvalue weighted by atomic mass is 9.96. The minimum atomic E-state index is 0.892. The van der Waals surface area contributed by atoms with Crippen molar-refractivity contribution in [1.29, 1.82) is 0 Å². The van der Waals surface area contributed by atoms with Gasteiger partial charge in [-0.05, 0) is 65.2 Å². The molecule has 0 fully saturated rings. The summed E-state index contributed by atoms with van der Waals surface area (Å²) in [5.74, 6) is 0.892. The van der Waals surface area contributed by atoms with E-state index < -0.39 is 0 Å². The molecule has 0 spiro atoms. The summed E-state index contributed by atoms with van der Waals surface area (Å²) >= 11 is 0. The summed E-state index contributed by atoms with van der Waals surface area (Å²) in [6, 6.07) is 53.8. The van der Waals surface area contributed by atoms with Crippen LogP contribution in [0.5, 0.6) is 0 Å². The first-order valence-corrected chi connectivity index (χ1v) is 15.0. The average molecular weight is 562 g/mol. The van der Waals surface area contributed by atoms with Gasteiger partial charge < -0.3 is 9.47 Å². The molecule has 0 saturated carbocycles. The van der Waals surface area contributed by atoms with Crippen LogP contribution >= 0.6 is 0 Å². The van der Waals surface area contributed by atoms with Crippen LogP contribution < -0.4 is 4.90 Å². The van der Waals surface area contributed by atoms with Gasteiger partial charge in [0.1, 0.15) is 5.82 Å². The maximum Gasteiger partial charge on any atom is 0.138 e. The summed E-state index contributed by atoms with van der Waals surface area (Å²) < 4.78 is 2.41. The molecule has 0 unspecified atom stereocenters. The number of hydrogen-bond acceptors (Lipinski definition) is 2. The molecule has 1 aliphatic rings. The SMILES string of the molecule is C1=CN(c2cc(-c3ccccc3)cc(-c3ccccc3)n2)c2cccc3c2c1cc1c2ccccc2n(-c2ccccc2)c31. The second-order valence-electron chi connectivity index (χ2n) is 11.3. The van der Waals surface area contributed by atoms with Crippen LogP contribution in [0.1, 0.15) is 5.56 Å². The van der Waals surface area contributed by atoms with Crippen molar-refractivity contribution in [3.05, 3.63) is 163 Å². The normalized spacial score (nSPS) is 12.4. The van der Waals surface area contributed by atoms with E-state index in [1.54, 1.807) is 0 Å². The van der Waals surface area contributed by atoms with Crippen molar-refractivity contribution in [2.45, 2.75) is 0 Å². The number of pyridine rings is 1. The fraction of sp³-hybridized carbons (Fsp3) is 0. The summed E-state index contributed by atoms with van der Waals surface area (Å²) in [5, 5.41) is 4.98. The Balaban J connectivity index is 1.31. The zero-order valence-electron chi connectivity index (χ0n) is 23.9. The maximum absolute atomic E-state index is 5.24. The Bertz CT molecular complexity index is 2310. The topological polar surface area (TPSA) is 21.1 Å². The zero-order valence-corrected chi connectivity index (χ0v) is 23.9. The van der Waals surface area contributed by atoms with Gasteiger partial charge in [-0.2, -0.15) is 0 Å². The monoisotopic (exact) mass is 561 g/mol. The van der Waals surface area contributed by atoms with Crippen LogP contribution in [0.3, 0.4) is 0 Å². The van der Waals surface area contributed by atoms with E-state index in [9.17, 15) is 0 Å². The minimum Gasteiger partial charge on any atom is -0.309 e. The average Bonchev–Trinajstić information content (AvgIpc) is 3.44. The smallest absolute Gasteiger partial charge is 0.138 e. The van der Waals surface area contributed by atoms with Crippen molar-refractivity contribution in [1.82, 2.24) is 9.55 Å². The van der Waals surface area contributed by atoms with E-state index in [1.165, 1.54) is 43.7 Å². The highest BCUT2D eigenvalue weighted by molar-refractivity contribution is 6.23. The fourth-order valence-electron chi connectivity index (χ4n) is 6.75. The standard InChI is InChI=1S/C41H27N3/c1-4-13-28(14-5-1)31-26-36(29-15-6-2-7-16-29)42-39(27-31)43-24-23-30-25-35-33-19-10-11-21-37(33)44(32-17-8-3-9-18-32)41(35)34-20-12-22-38(43)40(30)34/h1-27H. The lowest BCUT2D eigenvalue weighted by Crippen LogP contribution is -2.14. The highest BCUT2D eigenvalue weighted by Crippen LogP contribution is 2.45. The van der Waals surface area contributed by atoms with Crippen LogP contribution in [-0.4, -0.2) is 9.55 Å². The van der Waals surface area contributed by atoms with Crippen LogP contribution in [0.15, 0.2) is 158 Å². The highest BCUT2D eigenvalue weighted by Gasteiger charge is 2.23. The van der Waals surface area contributed by atoms with Crippen LogP contribution in [0.4, 0.5) is 11.5 Å². The molecule has 0 N–H and O–H groups in total. The van der Waals surface area contributed by atoms with Gasteiger partial charge >= 0.3 is 0 Å². The van der Waals surface area contributed by atoms with Crippen LogP contribution in [0.25, 0.3) is 66.7 Å². The van der Waals surface area contributed by atoms with Gasteiger partial charge in [-0.1, -0.05) is 109 Å². The van der Waals surface area contributed by atoms with E-state index in [0.29, 0.717) is 0 Å². The first kappa shape index (κ1) is 24.6.